The summed E-state index contributed by atoms with van der Waals surface area (Å²) in [5.74, 6) is 0.316. The van der Waals surface area contributed by atoms with Crippen molar-refractivity contribution in [2.75, 3.05) is 30.9 Å². The maximum absolute atomic E-state index is 12.5. The van der Waals surface area contributed by atoms with E-state index in [9.17, 15) is 9.59 Å². The van der Waals surface area contributed by atoms with Crippen LogP contribution in [-0.2, 0) is 9.59 Å². The van der Waals surface area contributed by atoms with Crippen molar-refractivity contribution < 1.29 is 9.59 Å². The minimum atomic E-state index is 0.00710. The SMILES string of the molecule is CCCCCNC(=O)C1CCC(C(=O)Nc2ccc(N(C)C)cc2)CC1. The summed E-state index contributed by atoms with van der Waals surface area (Å²) in [7, 11) is 3.98. The first-order valence-corrected chi connectivity index (χ1v) is 9.87. The van der Waals surface area contributed by atoms with E-state index in [1.165, 1.54) is 0 Å². The van der Waals surface area contributed by atoms with E-state index in [2.05, 4.69) is 17.6 Å². The van der Waals surface area contributed by atoms with Crippen LogP contribution >= 0.6 is 0 Å². The van der Waals surface area contributed by atoms with Gasteiger partial charge in [-0.05, 0) is 56.4 Å². The van der Waals surface area contributed by atoms with E-state index in [4.69, 9.17) is 0 Å². The van der Waals surface area contributed by atoms with Gasteiger partial charge in [0.2, 0.25) is 11.8 Å². The summed E-state index contributed by atoms with van der Waals surface area (Å²) >= 11 is 0. The molecule has 5 heteroatoms. The number of hydrogen-bond acceptors (Lipinski definition) is 3. The van der Waals surface area contributed by atoms with E-state index >= 15 is 0 Å². The Morgan fingerprint density at radius 3 is 2.08 bits per heavy atom. The molecule has 1 aromatic carbocycles. The van der Waals surface area contributed by atoms with Gasteiger partial charge in [0.1, 0.15) is 0 Å². The number of amides is 2. The maximum atomic E-state index is 12.5. The summed E-state index contributed by atoms with van der Waals surface area (Å²) in [5, 5.41) is 6.05. The van der Waals surface area contributed by atoms with Gasteiger partial charge in [0.15, 0.2) is 0 Å². The third-order valence-corrected chi connectivity index (χ3v) is 5.20. The summed E-state index contributed by atoms with van der Waals surface area (Å²) in [6, 6.07) is 7.86. The van der Waals surface area contributed by atoms with Crippen molar-refractivity contribution in [3.05, 3.63) is 24.3 Å². The number of anilines is 2. The molecular formula is C21H33N3O2. The van der Waals surface area contributed by atoms with Crippen molar-refractivity contribution in [1.82, 2.24) is 5.32 Å². The van der Waals surface area contributed by atoms with Crippen molar-refractivity contribution in [2.24, 2.45) is 11.8 Å². The lowest BCUT2D eigenvalue weighted by atomic mass is 9.81. The van der Waals surface area contributed by atoms with Gasteiger partial charge in [-0.15, -0.1) is 0 Å². The largest absolute Gasteiger partial charge is 0.378 e. The molecular weight excluding hydrogens is 326 g/mol. The van der Waals surface area contributed by atoms with Gasteiger partial charge in [-0.25, -0.2) is 0 Å². The van der Waals surface area contributed by atoms with Crippen molar-refractivity contribution >= 4 is 23.2 Å². The fraction of sp³-hybridized carbons (Fsp3) is 0.619. The minimum Gasteiger partial charge on any atom is -0.378 e. The van der Waals surface area contributed by atoms with Gasteiger partial charge in [0.05, 0.1) is 0 Å². The van der Waals surface area contributed by atoms with Crippen molar-refractivity contribution in [1.29, 1.82) is 0 Å². The second-order valence-electron chi connectivity index (χ2n) is 7.48. The number of hydrogen-bond donors (Lipinski definition) is 2. The zero-order chi connectivity index (χ0) is 18.9. The Morgan fingerprint density at radius 1 is 0.962 bits per heavy atom. The first-order chi connectivity index (χ1) is 12.5. The molecule has 0 radical (unpaired) electrons. The fourth-order valence-corrected chi connectivity index (χ4v) is 3.44. The minimum absolute atomic E-state index is 0.00710. The van der Waals surface area contributed by atoms with Crippen molar-refractivity contribution in [2.45, 2.75) is 51.9 Å². The predicted octanol–water partition coefficient (Wildman–Crippen LogP) is 3.80. The van der Waals surface area contributed by atoms with E-state index in [0.29, 0.717) is 0 Å². The lowest BCUT2D eigenvalue weighted by Crippen LogP contribution is -2.35. The molecule has 0 saturated heterocycles. The van der Waals surface area contributed by atoms with Crippen molar-refractivity contribution in [3.63, 3.8) is 0 Å². The lowest BCUT2D eigenvalue weighted by Gasteiger charge is -2.27. The molecule has 0 heterocycles. The average Bonchev–Trinajstić information content (AvgIpc) is 2.65. The second-order valence-corrected chi connectivity index (χ2v) is 7.48. The van der Waals surface area contributed by atoms with E-state index in [1.807, 2.05) is 43.3 Å². The lowest BCUT2D eigenvalue weighted by molar-refractivity contribution is -0.128. The summed E-state index contributed by atoms with van der Waals surface area (Å²) in [4.78, 5) is 26.7. The number of benzene rings is 1. The highest BCUT2D eigenvalue weighted by molar-refractivity contribution is 5.93. The van der Waals surface area contributed by atoms with Gasteiger partial charge in [0, 0.05) is 43.9 Å². The van der Waals surface area contributed by atoms with Crippen LogP contribution < -0.4 is 15.5 Å². The normalized spacial score (nSPS) is 19.7. The van der Waals surface area contributed by atoms with Crippen LogP contribution in [0.25, 0.3) is 0 Å². The highest BCUT2D eigenvalue weighted by Crippen LogP contribution is 2.30. The Kier molecular flexibility index (Phi) is 7.95. The van der Waals surface area contributed by atoms with Gasteiger partial charge in [-0.2, -0.15) is 0 Å². The number of rotatable bonds is 8. The maximum Gasteiger partial charge on any atom is 0.227 e. The molecule has 5 nitrogen and oxygen atoms in total. The molecule has 0 atom stereocenters. The molecule has 1 saturated carbocycles. The third kappa shape index (κ3) is 6.04. The van der Waals surface area contributed by atoms with Crippen molar-refractivity contribution in [3.8, 4) is 0 Å². The molecule has 0 unspecified atom stereocenters. The average molecular weight is 360 g/mol. The quantitative estimate of drug-likeness (QED) is 0.694. The molecule has 1 aromatic rings. The first-order valence-electron chi connectivity index (χ1n) is 9.87. The van der Waals surface area contributed by atoms with E-state index in [-0.39, 0.29) is 23.7 Å². The van der Waals surface area contributed by atoms with Gasteiger partial charge in [-0.1, -0.05) is 19.8 Å². The van der Waals surface area contributed by atoms with Gasteiger partial charge in [0.25, 0.3) is 0 Å². The Morgan fingerprint density at radius 2 is 1.54 bits per heavy atom. The predicted molar refractivity (Wildman–Crippen MR) is 107 cm³/mol. The number of nitrogens with zero attached hydrogens (tertiary/aromatic N) is 1. The van der Waals surface area contributed by atoms with Crippen LogP contribution in [0.1, 0.15) is 51.9 Å². The second kappa shape index (κ2) is 10.2. The van der Waals surface area contributed by atoms with E-state index in [1.54, 1.807) is 0 Å². The molecule has 1 aliphatic carbocycles. The number of carbonyl (C=O) groups excluding carboxylic acids is 2. The molecule has 1 fully saturated rings. The van der Waals surface area contributed by atoms with Crippen LogP contribution in [0.15, 0.2) is 24.3 Å². The zero-order valence-electron chi connectivity index (χ0n) is 16.4. The summed E-state index contributed by atoms with van der Waals surface area (Å²) in [6.07, 6.45) is 6.54. The smallest absolute Gasteiger partial charge is 0.227 e. The van der Waals surface area contributed by atoms with Gasteiger partial charge >= 0.3 is 0 Å². The van der Waals surface area contributed by atoms with Gasteiger partial charge < -0.3 is 15.5 Å². The van der Waals surface area contributed by atoms with Crippen LogP contribution in [0.4, 0.5) is 11.4 Å². The number of nitrogens with one attached hydrogen (secondary N) is 2. The molecule has 2 rings (SSSR count). The van der Waals surface area contributed by atoms with E-state index in [0.717, 1.165) is 62.9 Å². The molecule has 0 spiro atoms. The Labute approximate surface area is 157 Å². The van der Waals surface area contributed by atoms with E-state index < -0.39 is 0 Å². The third-order valence-electron chi connectivity index (χ3n) is 5.20. The Bertz CT molecular complexity index is 575. The molecule has 26 heavy (non-hydrogen) atoms. The highest BCUT2D eigenvalue weighted by atomic mass is 16.2. The highest BCUT2D eigenvalue weighted by Gasteiger charge is 2.29. The molecule has 2 amide bonds. The molecule has 0 aliphatic heterocycles. The molecule has 0 bridgehead atoms. The number of unbranched alkanes of at least 4 members (excludes halogenated alkanes) is 2. The molecule has 1 aliphatic rings. The first kappa shape index (κ1) is 20.3. The zero-order valence-corrected chi connectivity index (χ0v) is 16.4. The van der Waals surface area contributed by atoms with Crippen LogP contribution in [0.2, 0.25) is 0 Å². The molecule has 144 valence electrons. The monoisotopic (exact) mass is 359 g/mol. The fourth-order valence-electron chi connectivity index (χ4n) is 3.44. The van der Waals surface area contributed by atoms with Crippen LogP contribution in [0, 0.1) is 11.8 Å². The molecule has 0 aromatic heterocycles. The van der Waals surface area contributed by atoms with Crippen LogP contribution in [0.5, 0.6) is 0 Å². The van der Waals surface area contributed by atoms with Crippen LogP contribution in [0.3, 0.4) is 0 Å². The topological polar surface area (TPSA) is 61.4 Å². The Balaban J connectivity index is 1.74. The summed E-state index contributed by atoms with van der Waals surface area (Å²) in [5.41, 5.74) is 1.94. The summed E-state index contributed by atoms with van der Waals surface area (Å²) in [6.45, 7) is 2.93. The Hall–Kier alpha value is -2.04. The van der Waals surface area contributed by atoms with Crippen LogP contribution in [-0.4, -0.2) is 32.5 Å². The molecule has 2 N–H and O–H groups in total. The summed E-state index contributed by atoms with van der Waals surface area (Å²) < 4.78 is 0. The number of carbonyl (C=O) groups is 2. The standard InChI is InChI=1S/C21H33N3O2/c1-4-5-6-15-22-20(25)16-7-9-17(10-8-16)21(26)23-18-11-13-19(14-12-18)24(2)3/h11-14,16-17H,4-10,15H2,1-3H3,(H,22,25)(H,23,26). The van der Waals surface area contributed by atoms with Gasteiger partial charge in [-0.3, -0.25) is 9.59 Å².